The highest BCUT2D eigenvalue weighted by Crippen LogP contribution is 2.34. The van der Waals surface area contributed by atoms with Gasteiger partial charge in [0.05, 0.1) is 12.6 Å². The zero-order chi connectivity index (χ0) is 24.9. The highest BCUT2D eigenvalue weighted by Gasteiger charge is 2.44. The van der Waals surface area contributed by atoms with Crippen LogP contribution in [0.15, 0.2) is 24.3 Å². The first-order valence-electron chi connectivity index (χ1n) is 12.0. The molecule has 1 aromatic carbocycles. The fourth-order valence-electron chi connectivity index (χ4n) is 5.03. The smallest absolute Gasteiger partial charge is 0.326 e. The highest BCUT2D eigenvalue weighted by atomic mass is 19.1. The number of piperazine rings is 1. The van der Waals surface area contributed by atoms with E-state index in [1.807, 2.05) is 32.6 Å². The number of hydrogen-bond acceptors (Lipinski definition) is 8. The van der Waals surface area contributed by atoms with Crippen molar-refractivity contribution in [3.63, 3.8) is 0 Å². The number of carbonyl (C=O) groups excluding carboxylic acids is 2. The first-order valence-corrected chi connectivity index (χ1v) is 12.0. The summed E-state index contributed by atoms with van der Waals surface area (Å²) >= 11 is 0. The Kier molecular flexibility index (Phi) is 5.96. The summed E-state index contributed by atoms with van der Waals surface area (Å²) in [6.07, 6.45) is 0.630. The molecule has 2 atom stereocenters. The maximum Gasteiger partial charge on any atom is 0.326 e. The first kappa shape index (κ1) is 23.6. The van der Waals surface area contributed by atoms with Gasteiger partial charge in [-0.15, -0.1) is 0 Å². The molecule has 0 radical (unpaired) electrons. The van der Waals surface area contributed by atoms with Gasteiger partial charge < -0.3 is 20.3 Å². The Labute approximate surface area is 204 Å². The van der Waals surface area contributed by atoms with Gasteiger partial charge in [0, 0.05) is 30.2 Å². The number of rotatable bonds is 6. The van der Waals surface area contributed by atoms with Crippen molar-refractivity contribution >= 4 is 17.7 Å². The number of halogens is 1. The number of fused-ring (bicyclic) bond motifs is 2. The molecule has 2 saturated heterocycles. The van der Waals surface area contributed by atoms with Crippen LogP contribution in [0.5, 0.6) is 0 Å². The topological polar surface area (TPSA) is 99.7 Å². The highest BCUT2D eigenvalue weighted by molar-refractivity contribution is 5.98. The van der Waals surface area contributed by atoms with Crippen molar-refractivity contribution in [2.45, 2.75) is 64.3 Å². The molecule has 2 unspecified atom stereocenters. The van der Waals surface area contributed by atoms with Gasteiger partial charge in [-0.2, -0.15) is 0 Å². The van der Waals surface area contributed by atoms with Crippen LogP contribution >= 0.6 is 0 Å². The molecular formula is C25H31FN6O3. The van der Waals surface area contributed by atoms with Crippen LogP contribution in [-0.4, -0.2) is 69.1 Å². The van der Waals surface area contributed by atoms with Crippen molar-refractivity contribution in [3.05, 3.63) is 52.7 Å². The average Bonchev–Trinajstić information content (AvgIpc) is 3.35. The normalized spacial score (nSPS) is 22.4. The molecule has 3 aliphatic heterocycles. The number of carbonyl (C=O) groups is 2. The molecule has 2 fully saturated rings. The molecule has 2 aromatic rings. The third kappa shape index (κ3) is 4.48. The number of esters is 1. The van der Waals surface area contributed by atoms with E-state index in [9.17, 15) is 14.0 Å². The van der Waals surface area contributed by atoms with Crippen molar-refractivity contribution in [2.75, 3.05) is 25.1 Å². The third-order valence-electron chi connectivity index (χ3n) is 6.86. The van der Waals surface area contributed by atoms with Gasteiger partial charge in [-0.25, -0.2) is 19.3 Å². The fourth-order valence-corrected chi connectivity index (χ4v) is 5.03. The van der Waals surface area contributed by atoms with Crippen LogP contribution < -0.4 is 10.6 Å². The number of cyclic esters (lactones) is 1. The maximum atomic E-state index is 13.4. The van der Waals surface area contributed by atoms with Crippen LogP contribution in [0.4, 0.5) is 10.2 Å². The van der Waals surface area contributed by atoms with E-state index < -0.39 is 5.54 Å². The van der Waals surface area contributed by atoms with Crippen LogP contribution in [0.25, 0.3) is 0 Å². The van der Waals surface area contributed by atoms with Crippen LogP contribution in [0.1, 0.15) is 61.2 Å². The summed E-state index contributed by atoms with van der Waals surface area (Å²) in [4.78, 5) is 38.8. The summed E-state index contributed by atoms with van der Waals surface area (Å²) in [6, 6.07) is 5.79. The molecule has 0 aliphatic carbocycles. The van der Waals surface area contributed by atoms with Crippen molar-refractivity contribution < 1.29 is 18.7 Å². The number of benzene rings is 1. The van der Waals surface area contributed by atoms with E-state index in [1.165, 1.54) is 12.1 Å². The second kappa shape index (κ2) is 8.83. The Morgan fingerprint density at radius 2 is 1.89 bits per heavy atom. The van der Waals surface area contributed by atoms with Crippen molar-refractivity contribution in [3.8, 4) is 0 Å². The molecule has 1 amide bonds. The van der Waals surface area contributed by atoms with Crippen molar-refractivity contribution in [2.24, 2.45) is 0 Å². The summed E-state index contributed by atoms with van der Waals surface area (Å²) in [6.45, 7) is 9.72. The number of anilines is 1. The molecule has 10 heteroatoms. The van der Waals surface area contributed by atoms with Crippen molar-refractivity contribution in [1.82, 2.24) is 25.1 Å². The molecule has 1 aromatic heterocycles. The molecule has 4 heterocycles. The minimum absolute atomic E-state index is 0.0190. The van der Waals surface area contributed by atoms with Crippen LogP contribution in [0.2, 0.25) is 0 Å². The second-order valence-electron chi connectivity index (χ2n) is 10.4. The lowest BCUT2D eigenvalue weighted by atomic mass is 9.94. The number of aromatic nitrogens is 2. The first-order chi connectivity index (χ1) is 16.6. The SMILES string of the molecule is CC(C)N1Cc2c(NC(C)(C)Cc3ccc(F)cc3)nc(C3CNCC4C(=O)OCN43)nc2C1=O. The molecule has 35 heavy (non-hydrogen) atoms. The van der Waals surface area contributed by atoms with Gasteiger partial charge in [0.15, 0.2) is 0 Å². The standard InChI is InChI=1S/C25H31FN6O3/c1-14(2)31-12-17-20(23(31)33)28-22(18-10-27-11-19-24(34)35-13-32(18)19)29-21(17)30-25(3,4)9-15-5-7-16(26)8-6-15/h5-8,14,18-19,27H,9-13H2,1-4H3,(H,28,29,30). The lowest BCUT2D eigenvalue weighted by Crippen LogP contribution is -2.52. The van der Waals surface area contributed by atoms with E-state index in [0.717, 1.165) is 11.1 Å². The van der Waals surface area contributed by atoms with Gasteiger partial charge in [-0.1, -0.05) is 12.1 Å². The number of amides is 1. The molecule has 0 spiro atoms. The van der Waals surface area contributed by atoms with E-state index >= 15 is 0 Å². The number of nitrogens with one attached hydrogen (secondary N) is 2. The van der Waals surface area contributed by atoms with Gasteiger partial charge in [0.1, 0.15) is 35.9 Å². The Balaban J connectivity index is 1.50. The second-order valence-corrected chi connectivity index (χ2v) is 10.4. The Morgan fingerprint density at radius 1 is 1.17 bits per heavy atom. The molecule has 186 valence electrons. The summed E-state index contributed by atoms with van der Waals surface area (Å²) in [5.41, 5.74) is 1.72. The average molecular weight is 483 g/mol. The number of nitrogens with zero attached hydrogens (tertiary/aromatic N) is 4. The lowest BCUT2D eigenvalue weighted by molar-refractivity contribution is -0.139. The zero-order valence-electron chi connectivity index (χ0n) is 20.5. The molecule has 0 bridgehead atoms. The summed E-state index contributed by atoms with van der Waals surface area (Å²) in [5, 5.41) is 6.83. The minimum Gasteiger partial charge on any atom is -0.448 e. The van der Waals surface area contributed by atoms with Gasteiger partial charge in [0.25, 0.3) is 5.91 Å². The monoisotopic (exact) mass is 482 g/mol. The summed E-state index contributed by atoms with van der Waals surface area (Å²) in [5.74, 6) is 0.450. The van der Waals surface area contributed by atoms with Crippen LogP contribution in [-0.2, 0) is 22.5 Å². The Bertz CT molecular complexity index is 1150. The van der Waals surface area contributed by atoms with Gasteiger partial charge in [0.2, 0.25) is 0 Å². The van der Waals surface area contributed by atoms with Gasteiger partial charge in [-0.3, -0.25) is 9.59 Å². The largest absolute Gasteiger partial charge is 0.448 e. The molecule has 2 N–H and O–H groups in total. The third-order valence-corrected chi connectivity index (χ3v) is 6.86. The maximum absolute atomic E-state index is 13.4. The zero-order valence-corrected chi connectivity index (χ0v) is 20.5. The van der Waals surface area contributed by atoms with E-state index in [1.54, 1.807) is 17.0 Å². The minimum atomic E-state index is -0.439. The number of ether oxygens (including phenoxy) is 1. The molecule has 9 nitrogen and oxygen atoms in total. The van der Waals surface area contributed by atoms with E-state index in [2.05, 4.69) is 10.6 Å². The lowest BCUT2D eigenvalue weighted by Gasteiger charge is -2.34. The predicted octanol–water partition coefficient (Wildman–Crippen LogP) is 2.24. The van der Waals surface area contributed by atoms with E-state index in [4.69, 9.17) is 14.7 Å². The predicted molar refractivity (Wildman–Crippen MR) is 127 cm³/mol. The summed E-state index contributed by atoms with van der Waals surface area (Å²) < 4.78 is 18.7. The Morgan fingerprint density at radius 3 is 2.60 bits per heavy atom. The fraction of sp³-hybridized carbons (Fsp3) is 0.520. The molecule has 3 aliphatic rings. The molecule has 0 saturated carbocycles. The van der Waals surface area contributed by atoms with Crippen LogP contribution in [0.3, 0.4) is 0 Å². The van der Waals surface area contributed by atoms with Crippen LogP contribution in [0, 0.1) is 5.82 Å². The van der Waals surface area contributed by atoms with E-state index in [0.29, 0.717) is 43.4 Å². The van der Waals surface area contributed by atoms with Crippen molar-refractivity contribution in [1.29, 1.82) is 0 Å². The molecule has 5 rings (SSSR count). The quantitative estimate of drug-likeness (QED) is 0.605. The van der Waals surface area contributed by atoms with Gasteiger partial charge >= 0.3 is 5.97 Å². The van der Waals surface area contributed by atoms with Gasteiger partial charge in [-0.05, 0) is 51.8 Å². The summed E-state index contributed by atoms with van der Waals surface area (Å²) in [7, 11) is 0. The van der Waals surface area contributed by atoms with E-state index in [-0.39, 0.29) is 42.6 Å². The Hall–Kier alpha value is -3.11. The molecular weight excluding hydrogens is 451 g/mol. The number of hydrogen-bond donors (Lipinski definition) is 2.